The summed E-state index contributed by atoms with van der Waals surface area (Å²) in [5.41, 5.74) is 5.62. The maximum atomic E-state index is 12.8. The van der Waals surface area contributed by atoms with Crippen LogP contribution < -0.4 is 5.73 Å². The summed E-state index contributed by atoms with van der Waals surface area (Å²) in [5, 5.41) is 0. The van der Waals surface area contributed by atoms with E-state index < -0.39 is 20.0 Å². The zero-order valence-electron chi connectivity index (χ0n) is 13.9. The van der Waals surface area contributed by atoms with Gasteiger partial charge in [-0.3, -0.25) is 0 Å². The zero-order chi connectivity index (χ0) is 17.4. The van der Waals surface area contributed by atoms with Gasteiger partial charge in [0.2, 0.25) is 20.0 Å². The van der Waals surface area contributed by atoms with Gasteiger partial charge in [-0.2, -0.15) is 8.61 Å². The molecule has 2 heterocycles. The van der Waals surface area contributed by atoms with Crippen LogP contribution in [-0.4, -0.2) is 58.2 Å². The third-order valence-corrected chi connectivity index (χ3v) is 8.48. The first-order valence-electron chi connectivity index (χ1n) is 8.16. The van der Waals surface area contributed by atoms with E-state index in [0.717, 1.165) is 19.3 Å². The molecule has 142 valence electrons. The van der Waals surface area contributed by atoms with Gasteiger partial charge >= 0.3 is 0 Å². The van der Waals surface area contributed by atoms with Crippen molar-refractivity contribution in [3.63, 3.8) is 0 Å². The van der Waals surface area contributed by atoms with Gasteiger partial charge in [0.05, 0.1) is 9.79 Å². The number of hydrogen-bond acceptors (Lipinski definition) is 5. The lowest BCUT2D eigenvalue weighted by atomic mass is 10.1. The van der Waals surface area contributed by atoms with Gasteiger partial charge in [-0.15, -0.1) is 12.4 Å². The predicted molar refractivity (Wildman–Crippen MR) is 97.6 cm³/mol. The van der Waals surface area contributed by atoms with E-state index in [1.165, 1.54) is 32.9 Å². The highest BCUT2D eigenvalue weighted by molar-refractivity contribution is 7.90. The molecule has 0 bridgehead atoms. The van der Waals surface area contributed by atoms with Crippen LogP contribution >= 0.6 is 12.4 Å². The van der Waals surface area contributed by atoms with Gasteiger partial charge in [0, 0.05) is 26.2 Å². The fourth-order valence-corrected chi connectivity index (χ4v) is 6.45. The van der Waals surface area contributed by atoms with Crippen LogP contribution in [0.25, 0.3) is 0 Å². The molecular weight excluding hydrogens is 386 g/mol. The molecule has 1 unspecified atom stereocenters. The minimum Gasteiger partial charge on any atom is -0.330 e. The van der Waals surface area contributed by atoms with Crippen LogP contribution in [-0.2, 0) is 20.0 Å². The summed E-state index contributed by atoms with van der Waals surface area (Å²) in [7, 11) is -7.32. The Bertz CT molecular complexity index is 808. The van der Waals surface area contributed by atoms with Crippen LogP contribution in [0.2, 0.25) is 0 Å². The Morgan fingerprint density at radius 1 is 0.960 bits per heavy atom. The second-order valence-corrected chi connectivity index (χ2v) is 10.2. The Hall–Kier alpha value is -0.710. The first-order valence-corrected chi connectivity index (χ1v) is 11.0. The topological polar surface area (TPSA) is 101 Å². The highest BCUT2D eigenvalue weighted by Gasteiger charge is 2.33. The number of benzene rings is 1. The molecule has 0 aliphatic carbocycles. The van der Waals surface area contributed by atoms with Crippen molar-refractivity contribution in [3.8, 4) is 0 Å². The number of sulfonamides is 2. The molecule has 2 N–H and O–H groups in total. The molecule has 0 saturated carbocycles. The molecule has 1 aromatic rings. The molecule has 1 aromatic carbocycles. The predicted octanol–water partition coefficient (Wildman–Crippen LogP) is 0.862. The van der Waals surface area contributed by atoms with Crippen LogP contribution in [0.4, 0.5) is 0 Å². The van der Waals surface area contributed by atoms with Crippen LogP contribution in [0.5, 0.6) is 0 Å². The van der Waals surface area contributed by atoms with Crippen molar-refractivity contribution in [1.29, 1.82) is 0 Å². The van der Waals surface area contributed by atoms with E-state index in [1.54, 1.807) is 0 Å². The van der Waals surface area contributed by atoms with E-state index in [2.05, 4.69) is 0 Å². The Balaban J connectivity index is 0.00000225. The number of rotatable bonds is 5. The minimum absolute atomic E-state index is 0. The lowest BCUT2D eigenvalue weighted by molar-refractivity contribution is 0.458. The monoisotopic (exact) mass is 409 g/mol. The average Bonchev–Trinajstić information content (AvgIpc) is 3.26. The van der Waals surface area contributed by atoms with Gasteiger partial charge in [-0.1, -0.05) is 6.07 Å². The lowest BCUT2D eigenvalue weighted by Crippen LogP contribution is -2.31. The maximum absolute atomic E-state index is 12.8. The van der Waals surface area contributed by atoms with Gasteiger partial charge in [-0.05, 0) is 49.9 Å². The van der Waals surface area contributed by atoms with Crippen molar-refractivity contribution in [2.75, 3.05) is 32.7 Å². The van der Waals surface area contributed by atoms with Crippen molar-refractivity contribution in [3.05, 3.63) is 24.3 Å². The van der Waals surface area contributed by atoms with Gasteiger partial charge in [-0.25, -0.2) is 16.8 Å². The van der Waals surface area contributed by atoms with E-state index in [4.69, 9.17) is 5.73 Å². The molecule has 2 aliphatic heterocycles. The molecule has 0 spiro atoms. The summed E-state index contributed by atoms with van der Waals surface area (Å²) < 4.78 is 53.6. The third kappa shape index (κ3) is 4.01. The van der Waals surface area contributed by atoms with Gasteiger partial charge < -0.3 is 5.73 Å². The molecular formula is C15H24ClN3O4S2. The number of hydrogen-bond donors (Lipinski definition) is 1. The summed E-state index contributed by atoms with van der Waals surface area (Å²) in [6.07, 6.45) is 2.42. The molecule has 2 fully saturated rings. The lowest BCUT2D eigenvalue weighted by Gasteiger charge is -2.19. The molecule has 0 aromatic heterocycles. The van der Waals surface area contributed by atoms with E-state index in [0.29, 0.717) is 32.7 Å². The Kier molecular flexibility index (Phi) is 6.50. The standard InChI is InChI=1S/C15H23N3O4S2.ClH/c16-11-13-6-9-18(12-13)24(21,22)15-5-3-4-14(10-15)23(19,20)17-7-1-2-8-17;/h3-5,10,13H,1-2,6-9,11-12,16H2;1H. The minimum atomic E-state index is -3.69. The van der Waals surface area contributed by atoms with Crippen molar-refractivity contribution in [2.45, 2.75) is 29.1 Å². The summed E-state index contributed by atoms with van der Waals surface area (Å²) in [4.78, 5) is 0.0699. The average molecular weight is 410 g/mol. The Labute approximate surface area is 155 Å². The van der Waals surface area contributed by atoms with E-state index >= 15 is 0 Å². The maximum Gasteiger partial charge on any atom is 0.243 e. The van der Waals surface area contributed by atoms with Crippen molar-refractivity contribution < 1.29 is 16.8 Å². The molecule has 0 amide bonds. The van der Waals surface area contributed by atoms with Gasteiger partial charge in [0.1, 0.15) is 0 Å². The molecule has 2 aliphatic rings. The molecule has 10 heteroatoms. The number of halogens is 1. The van der Waals surface area contributed by atoms with Crippen LogP contribution in [0.3, 0.4) is 0 Å². The summed E-state index contributed by atoms with van der Waals surface area (Å²) in [5.74, 6) is 0.163. The van der Waals surface area contributed by atoms with Crippen LogP contribution in [0, 0.1) is 5.92 Å². The summed E-state index contributed by atoms with van der Waals surface area (Å²) in [6, 6.07) is 5.68. The SMILES string of the molecule is Cl.NCC1CCN(S(=O)(=O)c2cccc(S(=O)(=O)N3CCCC3)c2)C1. The first kappa shape index (κ1) is 20.6. The Morgan fingerprint density at radius 2 is 1.52 bits per heavy atom. The molecule has 25 heavy (non-hydrogen) atoms. The van der Waals surface area contributed by atoms with Crippen molar-refractivity contribution in [2.24, 2.45) is 11.7 Å². The first-order chi connectivity index (χ1) is 11.4. The quantitative estimate of drug-likeness (QED) is 0.777. The smallest absolute Gasteiger partial charge is 0.243 e. The third-order valence-electron chi connectivity index (χ3n) is 4.73. The highest BCUT2D eigenvalue weighted by atomic mass is 35.5. The second-order valence-electron chi connectivity index (χ2n) is 6.34. The van der Waals surface area contributed by atoms with E-state index in [1.807, 2.05) is 0 Å². The number of nitrogens with two attached hydrogens (primary N) is 1. The molecule has 3 rings (SSSR count). The molecule has 7 nitrogen and oxygen atoms in total. The van der Waals surface area contributed by atoms with Crippen molar-refractivity contribution in [1.82, 2.24) is 8.61 Å². The van der Waals surface area contributed by atoms with Gasteiger partial charge in [0.15, 0.2) is 0 Å². The fourth-order valence-electron chi connectivity index (χ4n) is 3.23. The normalized spacial score (nSPS) is 22.8. The summed E-state index contributed by atoms with van der Waals surface area (Å²) >= 11 is 0. The molecule has 1 atom stereocenters. The Morgan fingerprint density at radius 3 is 2.04 bits per heavy atom. The highest BCUT2D eigenvalue weighted by Crippen LogP contribution is 2.27. The second kappa shape index (κ2) is 7.89. The fraction of sp³-hybridized carbons (Fsp3) is 0.600. The van der Waals surface area contributed by atoms with Crippen LogP contribution in [0.15, 0.2) is 34.1 Å². The van der Waals surface area contributed by atoms with Crippen LogP contribution in [0.1, 0.15) is 19.3 Å². The number of nitrogens with zero attached hydrogens (tertiary/aromatic N) is 2. The van der Waals surface area contributed by atoms with E-state index in [-0.39, 0.29) is 28.1 Å². The largest absolute Gasteiger partial charge is 0.330 e. The molecule has 0 radical (unpaired) electrons. The summed E-state index contributed by atoms with van der Waals surface area (Å²) in [6.45, 7) is 2.25. The molecule has 2 saturated heterocycles. The zero-order valence-corrected chi connectivity index (χ0v) is 16.3. The van der Waals surface area contributed by atoms with Crippen molar-refractivity contribution >= 4 is 32.5 Å². The van der Waals surface area contributed by atoms with Gasteiger partial charge in [0.25, 0.3) is 0 Å². The van der Waals surface area contributed by atoms with E-state index in [9.17, 15) is 16.8 Å².